The number of aliphatic carboxylic acids is 1. The first-order valence-electron chi connectivity index (χ1n) is 8.11. The maximum atomic E-state index is 12.3. The lowest BCUT2D eigenvalue weighted by atomic mass is 10.2. The Hall–Kier alpha value is -2.97. The zero-order valence-electron chi connectivity index (χ0n) is 14.5. The van der Waals surface area contributed by atoms with Crippen LogP contribution < -0.4 is 21.7 Å². The van der Waals surface area contributed by atoms with Gasteiger partial charge in [0.25, 0.3) is 5.91 Å². The number of carbonyl (C=O) groups is 3. The third kappa shape index (κ3) is 6.04. The highest BCUT2D eigenvalue weighted by molar-refractivity contribution is 6.39. The average molecular weight is 425 g/mol. The summed E-state index contributed by atoms with van der Waals surface area (Å²) in [5.41, 5.74) is 6.97. The van der Waals surface area contributed by atoms with Crippen molar-refractivity contribution >= 4 is 46.8 Å². The monoisotopic (exact) mass is 424 g/mol. The van der Waals surface area contributed by atoms with Crippen molar-refractivity contribution in [1.29, 1.82) is 0 Å². The summed E-state index contributed by atoms with van der Waals surface area (Å²) in [6.45, 7) is -0.109. The summed E-state index contributed by atoms with van der Waals surface area (Å²) < 4.78 is 0. The number of nitrogens with one attached hydrogen (secondary N) is 3. The number of carboxylic acid groups (broad SMARTS) is 1. The van der Waals surface area contributed by atoms with Crippen LogP contribution in [0.25, 0.3) is 0 Å². The summed E-state index contributed by atoms with van der Waals surface area (Å²) in [5.74, 6) is -2.08. The number of hydrogen-bond donors (Lipinski definition) is 5. The third-order valence-electron chi connectivity index (χ3n) is 3.69. The maximum absolute atomic E-state index is 12.3. The van der Waals surface area contributed by atoms with E-state index in [1.807, 2.05) is 0 Å². The minimum Gasteiger partial charge on any atom is -0.480 e. The first kappa shape index (κ1) is 21.3. The molecule has 6 N–H and O–H groups in total. The van der Waals surface area contributed by atoms with Crippen LogP contribution in [0.4, 0.5) is 10.5 Å². The molecule has 0 bridgehead atoms. The number of nitrogens with two attached hydrogens (primary N) is 1. The predicted molar refractivity (Wildman–Crippen MR) is 106 cm³/mol. The van der Waals surface area contributed by atoms with Crippen LogP contribution in [-0.2, 0) is 11.3 Å². The van der Waals surface area contributed by atoms with Gasteiger partial charge in [-0.3, -0.25) is 4.79 Å². The smallest absolute Gasteiger partial charge is 0.328 e. The zero-order valence-corrected chi connectivity index (χ0v) is 16.1. The quantitative estimate of drug-likeness (QED) is 0.434. The van der Waals surface area contributed by atoms with Gasteiger partial charge in [0.2, 0.25) is 0 Å². The van der Waals surface area contributed by atoms with Crippen LogP contribution in [0.2, 0.25) is 10.0 Å². The first-order valence-corrected chi connectivity index (χ1v) is 8.87. The first-order chi connectivity index (χ1) is 13.3. The molecule has 0 aliphatic rings. The molecule has 0 spiro atoms. The van der Waals surface area contributed by atoms with Crippen LogP contribution in [-0.4, -0.2) is 35.6 Å². The minimum absolute atomic E-state index is 0.0371. The molecule has 0 unspecified atom stereocenters. The highest BCUT2D eigenvalue weighted by atomic mass is 35.5. The van der Waals surface area contributed by atoms with Gasteiger partial charge in [-0.05, 0) is 29.8 Å². The van der Waals surface area contributed by atoms with Crippen molar-refractivity contribution in [2.45, 2.75) is 12.6 Å². The van der Waals surface area contributed by atoms with Crippen LogP contribution in [0, 0.1) is 0 Å². The van der Waals surface area contributed by atoms with Gasteiger partial charge in [0.05, 0.1) is 22.2 Å². The molecule has 2 rings (SSSR count). The van der Waals surface area contributed by atoms with E-state index in [0.29, 0.717) is 5.69 Å². The summed E-state index contributed by atoms with van der Waals surface area (Å²) >= 11 is 11.9. The van der Waals surface area contributed by atoms with E-state index in [1.54, 1.807) is 30.3 Å². The second-order valence-corrected chi connectivity index (χ2v) is 6.58. The number of carbonyl (C=O) groups excluding carboxylic acids is 2. The molecule has 1 atom stereocenters. The van der Waals surface area contributed by atoms with E-state index < -0.39 is 23.9 Å². The molecule has 3 amide bonds. The van der Waals surface area contributed by atoms with E-state index in [4.69, 9.17) is 28.9 Å². The molecule has 2 aromatic carbocycles. The van der Waals surface area contributed by atoms with Crippen molar-refractivity contribution in [1.82, 2.24) is 16.0 Å². The van der Waals surface area contributed by atoms with Crippen molar-refractivity contribution in [3.63, 3.8) is 0 Å². The molecule has 0 heterocycles. The fraction of sp³-hybridized carbons (Fsp3) is 0.167. The molecule has 0 aliphatic carbocycles. The summed E-state index contributed by atoms with van der Waals surface area (Å²) in [6.07, 6.45) is 0. The summed E-state index contributed by atoms with van der Waals surface area (Å²) in [4.78, 5) is 35.6. The molecule has 0 saturated carbocycles. The summed E-state index contributed by atoms with van der Waals surface area (Å²) in [5, 5.41) is 16.7. The van der Waals surface area contributed by atoms with E-state index >= 15 is 0 Å². The Morgan fingerprint density at radius 3 is 2.18 bits per heavy atom. The summed E-state index contributed by atoms with van der Waals surface area (Å²) in [7, 11) is 0. The molecule has 2 aromatic rings. The Labute approximate surface area is 171 Å². The van der Waals surface area contributed by atoms with Gasteiger partial charge in [-0.15, -0.1) is 0 Å². The Balaban J connectivity index is 1.90. The lowest BCUT2D eigenvalue weighted by molar-refractivity contribution is -0.139. The van der Waals surface area contributed by atoms with E-state index in [2.05, 4.69) is 16.0 Å². The van der Waals surface area contributed by atoms with Crippen LogP contribution in [0.5, 0.6) is 0 Å². The van der Waals surface area contributed by atoms with Gasteiger partial charge in [0, 0.05) is 12.2 Å². The molecule has 148 valence electrons. The fourth-order valence-corrected chi connectivity index (χ4v) is 2.79. The maximum Gasteiger partial charge on any atom is 0.328 e. The number of benzene rings is 2. The van der Waals surface area contributed by atoms with Gasteiger partial charge in [0.1, 0.15) is 6.04 Å². The molecule has 0 saturated heterocycles. The van der Waals surface area contributed by atoms with Crippen molar-refractivity contribution in [2.24, 2.45) is 0 Å². The van der Waals surface area contributed by atoms with Gasteiger partial charge in [-0.2, -0.15) is 0 Å². The van der Waals surface area contributed by atoms with Crippen LogP contribution in [0.1, 0.15) is 15.9 Å². The topological polar surface area (TPSA) is 134 Å². The van der Waals surface area contributed by atoms with Crippen LogP contribution >= 0.6 is 23.2 Å². The Morgan fingerprint density at radius 2 is 1.61 bits per heavy atom. The number of rotatable bonds is 7. The molecule has 0 radical (unpaired) electrons. The number of hydrogen-bond acceptors (Lipinski definition) is 4. The minimum atomic E-state index is -1.37. The lowest BCUT2D eigenvalue weighted by Gasteiger charge is -2.16. The zero-order chi connectivity index (χ0) is 20.7. The molecular formula is C18H18Cl2N4O4. The van der Waals surface area contributed by atoms with Crippen LogP contribution in [0.3, 0.4) is 0 Å². The Bertz CT molecular complexity index is 854. The molecule has 0 fully saturated rings. The van der Waals surface area contributed by atoms with Gasteiger partial charge >= 0.3 is 12.0 Å². The Morgan fingerprint density at radius 1 is 1.00 bits per heavy atom. The largest absolute Gasteiger partial charge is 0.480 e. The van der Waals surface area contributed by atoms with Crippen molar-refractivity contribution in [2.75, 3.05) is 12.3 Å². The van der Waals surface area contributed by atoms with Crippen molar-refractivity contribution < 1.29 is 19.5 Å². The highest BCUT2D eigenvalue weighted by Crippen LogP contribution is 2.24. The van der Waals surface area contributed by atoms with E-state index in [9.17, 15) is 19.5 Å². The van der Waals surface area contributed by atoms with E-state index in [1.165, 1.54) is 12.1 Å². The number of carboxylic acids is 1. The molecular weight excluding hydrogens is 407 g/mol. The number of halogens is 2. The Kier molecular flexibility index (Phi) is 7.48. The SMILES string of the molecule is Nc1ccc(CNC(=O)NC[C@H](NC(=O)c2c(Cl)cccc2Cl)C(=O)O)cc1. The van der Waals surface area contributed by atoms with Crippen LogP contribution in [0.15, 0.2) is 42.5 Å². The van der Waals surface area contributed by atoms with E-state index in [0.717, 1.165) is 5.56 Å². The second kappa shape index (κ2) is 9.82. The van der Waals surface area contributed by atoms with Gasteiger partial charge in [0.15, 0.2) is 0 Å². The van der Waals surface area contributed by atoms with E-state index in [-0.39, 0.29) is 28.7 Å². The molecule has 0 aromatic heterocycles. The standard InChI is InChI=1S/C18H18Cl2N4O4/c19-12-2-1-3-13(20)15(12)16(25)24-14(17(26)27)9-23-18(28)22-8-10-4-6-11(21)7-5-10/h1-7,14H,8-9,21H2,(H,24,25)(H,26,27)(H2,22,23,28)/t14-/m0/s1. The van der Waals surface area contributed by atoms with Gasteiger partial charge in [-0.1, -0.05) is 41.4 Å². The fourth-order valence-electron chi connectivity index (χ4n) is 2.22. The number of nitrogen functional groups attached to an aromatic ring is 1. The molecule has 0 aliphatic heterocycles. The van der Waals surface area contributed by atoms with Crippen molar-refractivity contribution in [3.8, 4) is 0 Å². The second-order valence-electron chi connectivity index (χ2n) is 5.77. The highest BCUT2D eigenvalue weighted by Gasteiger charge is 2.23. The predicted octanol–water partition coefficient (Wildman–Crippen LogP) is 2.26. The van der Waals surface area contributed by atoms with Gasteiger partial charge < -0.3 is 26.8 Å². The molecule has 10 heteroatoms. The summed E-state index contributed by atoms with van der Waals surface area (Å²) in [6, 6.07) is 9.42. The number of anilines is 1. The van der Waals surface area contributed by atoms with Crippen molar-refractivity contribution in [3.05, 3.63) is 63.6 Å². The number of amides is 3. The average Bonchev–Trinajstić information content (AvgIpc) is 2.64. The lowest BCUT2D eigenvalue weighted by Crippen LogP contribution is -2.50. The normalized spacial score (nSPS) is 11.4. The number of urea groups is 1. The molecule has 8 nitrogen and oxygen atoms in total. The molecule has 28 heavy (non-hydrogen) atoms. The third-order valence-corrected chi connectivity index (χ3v) is 4.32. The van der Waals surface area contributed by atoms with Gasteiger partial charge in [-0.25, -0.2) is 9.59 Å².